The van der Waals surface area contributed by atoms with E-state index in [9.17, 15) is 4.79 Å². The Labute approximate surface area is 153 Å². The van der Waals surface area contributed by atoms with Crippen LogP contribution < -0.4 is 5.32 Å². The molecule has 0 aliphatic heterocycles. The normalized spacial score (nSPS) is 10.8. The van der Waals surface area contributed by atoms with Crippen LogP contribution >= 0.6 is 11.8 Å². The zero-order chi connectivity index (χ0) is 18.1. The van der Waals surface area contributed by atoms with Gasteiger partial charge in [0.2, 0.25) is 5.91 Å². The van der Waals surface area contributed by atoms with Gasteiger partial charge in [-0.3, -0.25) is 4.79 Å². The molecule has 2 rings (SSSR count). The number of thioether (sulfide) groups is 1. The number of rotatable bonds is 10. The molecule has 1 amide bonds. The van der Waals surface area contributed by atoms with Crippen molar-refractivity contribution in [1.82, 2.24) is 20.1 Å². The van der Waals surface area contributed by atoms with Gasteiger partial charge in [-0.1, -0.05) is 41.6 Å². The van der Waals surface area contributed by atoms with Crippen molar-refractivity contribution in [1.29, 1.82) is 0 Å². The first-order chi connectivity index (χ1) is 12.1. The smallest absolute Gasteiger partial charge is 0.220 e. The Kier molecular flexibility index (Phi) is 7.94. The van der Waals surface area contributed by atoms with Crippen molar-refractivity contribution in [3.63, 3.8) is 0 Å². The van der Waals surface area contributed by atoms with E-state index >= 15 is 0 Å². The van der Waals surface area contributed by atoms with Crippen LogP contribution in [0.15, 0.2) is 29.4 Å². The van der Waals surface area contributed by atoms with Crippen LogP contribution in [-0.4, -0.2) is 46.7 Å². The SMILES string of the molecule is COCCSc1nnc(CCNC(=O)CCc2ccc(C)cc2)n1C. The highest BCUT2D eigenvalue weighted by Crippen LogP contribution is 2.15. The van der Waals surface area contributed by atoms with Crippen LogP contribution in [0.4, 0.5) is 0 Å². The molecule has 7 heteroatoms. The summed E-state index contributed by atoms with van der Waals surface area (Å²) in [5.41, 5.74) is 2.42. The molecule has 0 atom stereocenters. The summed E-state index contributed by atoms with van der Waals surface area (Å²) in [7, 11) is 3.63. The van der Waals surface area contributed by atoms with Crippen LogP contribution in [0.5, 0.6) is 0 Å². The summed E-state index contributed by atoms with van der Waals surface area (Å²) in [5.74, 6) is 1.79. The maximum Gasteiger partial charge on any atom is 0.220 e. The van der Waals surface area contributed by atoms with Crippen molar-refractivity contribution in [3.05, 3.63) is 41.2 Å². The third-order valence-electron chi connectivity index (χ3n) is 3.88. The highest BCUT2D eigenvalue weighted by molar-refractivity contribution is 7.99. The number of nitrogens with zero attached hydrogens (tertiary/aromatic N) is 3. The molecule has 0 saturated carbocycles. The number of nitrogens with one attached hydrogen (secondary N) is 1. The molecule has 1 aromatic heterocycles. The van der Waals surface area contributed by atoms with Crippen molar-refractivity contribution in [2.75, 3.05) is 26.0 Å². The Balaban J connectivity index is 1.69. The molecular formula is C18H26N4O2S. The number of methoxy groups -OCH3 is 1. The Morgan fingerprint density at radius 3 is 2.72 bits per heavy atom. The Morgan fingerprint density at radius 1 is 1.24 bits per heavy atom. The van der Waals surface area contributed by atoms with Gasteiger partial charge in [0, 0.05) is 39.3 Å². The van der Waals surface area contributed by atoms with E-state index < -0.39 is 0 Å². The van der Waals surface area contributed by atoms with E-state index in [2.05, 4.69) is 46.7 Å². The van der Waals surface area contributed by atoms with Crippen LogP contribution in [0.25, 0.3) is 0 Å². The van der Waals surface area contributed by atoms with Crippen molar-refractivity contribution in [2.45, 2.75) is 31.3 Å². The second-order valence-corrected chi connectivity index (χ2v) is 6.95. The van der Waals surface area contributed by atoms with Crippen LogP contribution in [0.1, 0.15) is 23.4 Å². The largest absolute Gasteiger partial charge is 0.384 e. The van der Waals surface area contributed by atoms with Gasteiger partial charge in [0.05, 0.1) is 6.61 Å². The van der Waals surface area contributed by atoms with Gasteiger partial charge in [-0.2, -0.15) is 0 Å². The number of ether oxygens (including phenoxy) is 1. The molecule has 1 N–H and O–H groups in total. The first-order valence-electron chi connectivity index (χ1n) is 8.42. The molecule has 0 bridgehead atoms. The molecule has 136 valence electrons. The molecular weight excluding hydrogens is 336 g/mol. The van der Waals surface area contributed by atoms with Gasteiger partial charge in [-0.15, -0.1) is 10.2 Å². The van der Waals surface area contributed by atoms with Gasteiger partial charge in [-0.05, 0) is 18.9 Å². The zero-order valence-corrected chi connectivity index (χ0v) is 15.9. The van der Waals surface area contributed by atoms with E-state index in [1.165, 1.54) is 11.1 Å². The molecule has 0 aliphatic carbocycles. The van der Waals surface area contributed by atoms with E-state index in [1.807, 2.05) is 11.6 Å². The highest BCUT2D eigenvalue weighted by Gasteiger charge is 2.09. The van der Waals surface area contributed by atoms with E-state index in [4.69, 9.17) is 4.74 Å². The summed E-state index contributed by atoms with van der Waals surface area (Å²) in [6.07, 6.45) is 1.93. The zero-order valence-electron chi connectivity index (χ0n) is 15.1. The number of carbonyl (C=O) groups is 1. The number of aromatic nitrogens is 3. The molecule has 6 nitrogen and oxygen atoms in total. The fraction of sp³-hybridized carbons (Fsp3) is 0.500. The number of carbonyl (C=O) groups excluding carboxylic acids is 1. The standard InChI is InChI=1S/C18H26N4O2S/c1-14-4-6-15(7-5-14)8-9-17(23)19-11-10-16-20-21-18(22(16)2)25-13-12-24-3/h4-7H,8-13H2,1-3H3,(H,19,23). The molecule has 0 spiro atoms. The fourth-order valence-corrected chi connectivity index (χ4v) is 3.15. The minimum absolute atomic E-state index is 0.0671. The minimum Gasteiger partial charge on any atom is -0.384 e. The van der Waals surface area contributed by atoms with Crippen LogP contribution in [0.3, 0.4) is 0 Å². The molecule has 2 aromatic rings. The molecule has 0 unspecified atom stereocenters. The molecule has 0 fully saturated rings. The molecule has 1 heterocycles. The Bertz CT molecular complexity index is 670. The van der Waals surface area contributed by atoms with Gasteiger partial charge in [0.1, 0.15) is 5.82 Å². The number of hydrogen-bond acceptors (Lipinski definition) is 5. The molecule has 25 heavy (non-hydrogen) atoms. The minimum atomic E-state index is 0.0671. The van der Waals surface area contributed by atoms with Gasteiger partial charge in [-0.25, -0.2) is 0 Å². The number of hydrogen-bond donors (Lipinski definition) is 1. The molecule has 0 saturated heterocycles. The summed E-state index contributed by atoms with van der Waals surface area (Å²) in [4.78, 5) is 12.0. The lowest BCUT2D eigenvalue weighted by molar-refractivity contribution is -0.121. The maximum absolute atomic E-state index is 12.0. The number of benzene rings is 1. The summed E-state index contributed by atoms with van der Waals surface area (Å²) in [6, 6.07) is 8.29. The maximum atomic E-state index is 12.0. The summed E-state index contributed by atoms with van der Waals surface area (Å²) in [5, 5.41) is 12.2. The van der Waals surface area contributed by atoms with E-state index in [0.717, 1.165) is 23.2 Å². The Morgan fingerprint density at radius 2 is 2.00 bits per heavy atom. The van der Waals surface area contributed by atoms with Crippen molar-refractivity contribution < 1.29 is 9.53 Å². The van der Waals surface area contributed by atoms with Gasteiger partial charge < -0.3 is 14.6 Å². The number of aryl methyl sites for hydroxylation is 2. The first kappa shape index (κ1) is 19.5. The lowest BCUT2D eigenvalue weighted by atomic mass is 10.1. The summed E-state index contributed by atoms with van der Waals surface area (Å²) < 4.78 is 7.01. The van der Waals surface area contributed by atoms with E-state index in [0.29, 0.717) is 26.0 Å². The van der Waals surface area contributed by atoms with Crippen LogP contribution in [0.2, 0.25) is 0 Å². The highest BCUT2D eigenvalue weighted by atomic mass is 32.2. The molecule has 0 aliphatic rings. The third-order valence-corrected chi connectivity index (χ3v) is 4.86. The Hall–Kier alpha value is -1.86. The quantitative estimate of drug-likeness (QED) is 0.518. The van der Waals surface area contributed by atoms with Crippen molar-refractivity contribution in [3.8, 4) is 0 Å². The van der Waals surface area contributed by atoms with Crippen molar-refractivity contribution in [2.24, 2.45) is 7.05 Å². The van der Waals surface area contributed by atoms with Crippen LogP contribution in [0, 0.1) is 6.92 Å². The monoisotopic (exact) mass is 362 g/mol. The fourth-order valence-electron chi connectivity index (χ4n) is 2.32. The van der Waals surface area contributed by atoms with E-state index in [-0.39, 0.29) is 5.91 Å². The lowest BCUT2D eigenvalue weighted by Crippen LogP contribution is -2.26. The topological polar surface area (TPSA) is 69.0 Å². The number of amides is 1. The average molecular weight is 362 g/mol. The molecule has 0 radical (unpaired) electrons. The van der Waals surface area contributed by atoms with Crippen molar-refractivity contribution >= 4 is 17.7 Å². The van der Waals surface area contributed by atoms with Gasteiger partial charge in [0.15, 0.2) is 5.16 Å². The third kappa shape index (κ3) is 6.51. The summed E-state index contributed by atoms with van der Waals surface area (Å²) in [6.45, 7) is 3.32. The van der Waals surface area contributed by atoms with Crippen LogP contribution in [-0.2, 0) is 29.4 Å². The van der Waals surface area contributed by atoms with E-state index in [1.54, 1.807) is 18.9 Å². The summed E-state index contributed by atoms with van der Waals surface area (Å²) >= 11 is 1.62. The second kappa shape index (κ2) is 10.2. The lowest BCUT2D eigenvalue weighted by Gasteiger charge is -2.06. The average Bonchev–Trinajstić information content (AvgIpc) is 2.95. The van der Waals surface area contributed by atoms with Gasteiger partial charge in [0.25, 0.3) is 0 Å². The molecule has 1 aromatic carbocycles. The predicted octanol–water partition coefficient (Wildman–Crippen LogP) is 2.15. The second-order valence-electron chi connectivity index (χ2n) is 5.88. The first-order valence-corrected chi connectivity index (χ1v) is 9.41. The predicted molar refractivity (Wildman–Crippen MR) is 99.8 cm³/mol. The van der Waals surface area contributed by atoms with Gasteiger partial charge >= 0.3 is 0 Å².